The molecule has 1 saturated carbocycles. The molecular formula is C59H97F3O7. The van der Waals surface area contributed by atoms with Crippen LogP contribution < -0.4 is 4.74 Å². The lowest BCUT2D eigenvalue weighted by molar-refractivity contribution is -0.152. The SMILES string of the molecule is CCCCCC/C=C/CCCCCCCCOC(=O)CCC/C=C\C[C@@H]1[C@@H](/C=C/[C@@H](O)COc2cccc(C(F)(F)F)c2)[C@H](OC(=O)CC(CC)C(CC)C(CC)C(CC)C(CC)CCC)C[C@@H]1O. The first-order valence-electron chi connectivity index (χ1n) is 27.8. The summed E-state index contributed by atoms with van der Waals surface area (Å²) in [6, 6.07) is 4.53. The van der Waals surface area contributed by atoms with Crippen LogP contribution >= 0.6 is 0 Å². The number of rotatable bonds is 39. The molecule has 2 N–H and O–H groups in total. The lowest BCUT2D eigenvalue weighted by Crippen LogP contribution is -2.34. The van der Waals surface area contributed by atoms with Crippen molar-refractivity contribution in [2.75, 3.05) is 13.2 Å². The molecule has 1 aromatic rings. The lowest BCUT2D eigenvalue weighted by Gasteiger charge is -2.40. The van der Waals surface area contributed by atoms with Gasteiger partial charge in [0, 0.05) is 25.2 Å². The summed E-state index contributed by atoms with van der Waals surface area (Å²) in [4.78, 5) is 26.4. The average molecular weight is 975 g/mol. The second kappa shape index (κ2) is 36.8. The molecule has 1 fully saturated rings. The minimum atomic E-state index is -4.52. The number of esters is 2. The molecule has 0 saturated heterocycles. The summed E-state index contributed by atoms with van der Waals surface area (Å²) in [6.07, 6.45) is 29.6. The Kier molecular flexibility index (Phi) is 33.0. The van der Waals surface area contributed by atoms with E-state index in [2.05, 4.69) is 60.6 Å². The van der Waals surface area contributed by atoms with Gasteiger partial charge in [-0.25, -0.2) is 0 Å². The molecule has 10 atom stereocenters. The summed E-state index contributed by atoms with van der Waals surface area (Å²) >= 11 is 0. The highest BCUT2D eigenvalue weighted by atomic mass is 19.4. The molecule has 0 radical (unpaired) electrons. The zero-order chi connectivity index (χ0) is 50.9. The van der Waals surface area contributed by atoms with Gasteiger partial charge in [0.2, 0.25) is 0 Å². The third-order valence-corrected chi connectivity index (χ3v) is 14.9. The highest BCUT2D eigenvalue weighted by molar-refractivity contribution is 5.70. The quantitative estimate of drug-likeness (QED) is 0.0385. The maximum atomic E-state index is 13.9. The Morgan fingerprint density at radius 2 is 1.33 bits per heavy atom. The molecule has 0 amide bonds. The molecule has 1 aliphatic rings. The Balaban J connectivity index is 2.00. The maximum Gasteiger partial charge on any atom is 0.416 e. The number of hydrogen-bond acceptors (Lipinski definition) is 7. The zero-order valence-corrected chi connectivity index (χ0v) is 44.2. The lowest BCUT2D eigenvalue weighted by atomic mass is 9.65. The first kappa shape index (κ1) is 62.0. The monoisotopic (exact) mass is 975 g/mol. The van der Waals surface area contributed by atoms with E-state index in [1.54, 1.807) is 6.08 Å². The molecule has 0 spiro atoms. The minimum Gasteiger partial charge on any atom is -0.491 e. The van der Waals surface area contributed by atoms with Crippen LogP contribution in [0.15, 0.2) is 60.7 Å². The molecule has 1 aliphatic carbocycles. The fourth-order valence-electron chi connectivity index (χ4n) is 11.1. The molecule has 0 bridgehead atoms. The molecule has 69 heavy (non-hydrogen) atoms. The van der Waals surface area contributed by atoms with E-state index >= 15 is 0 Å². The van der Waals surface area contributed by atoms with E-state index in [0.29, 0.717) is 62.4 Å². The second-order valence-corrected chi connectivity index (χ2v) is 20.0. The Morgan fingerprint density at radius 1 is 0.725 bits per heavy atom. The predicted octanol–water partition coefficient (Wildman–Crippen LogP) is 16.1. The number of carbonyl (C=O) groups excluding carboxylic acids is 2. The fourth-order valence-corrected chi connectivity index (χ4v) is 11.1. The number of hydrogen-bond donors (Lipinski definition) is 2. The van der Waals surface area contributed by atoms with Crippen LogP contribution in [0.2, 0.25) is 0 Å². The van der Waals surface area contributed by atoms with E-state index in [1.165, 1.54) is 82.4 Å². The number of carbonyl (C=O) groups is 2. The van der Waals surface area contributed by atoms with Crippen molar-refractivity contribution < 1.29 is 47.2 Å². The van der Waals surface area contributed by atoms with Gasteiger partial charge in [-0.1, -0.05) is 181 Å². The summed E-state index contributed by atoms with van der Waals surface area (Å²) in [6.45, 7) is 16.0. The molecule has 396 valence electrons. The topological polar surface area (TPSA) is 102 Å². The number of aliphatic hydroxyl groups is 2. The molecule has 5 unspecified atom stereocenters. The van der Waals surface area contributed by atoms with E-state index in [1.807, 2.05) is 12.2 Å². The Hall–Kier alpha value is -3.11. The van der Waals surface area contributed by atoms with Crippen LogP contribution in [0.3, 0.4) is 0 Å². The van der Waals surface area contributed by atoms with Crippen molar-refractivity contribution in [1.82, 2.24) is 0 Å². The van der Waals surface area contributed by atoms with Crippen LogP contribution in [0.1, 0.15) is 215 Å². The highest BCUT2D eigenvalue weighted by Gasteiger charge is 2.43. The number of alkyl halides is 3. The molecule has 10 heteroatoms. The number of benzene rings is 1. The summed E-state index contributed by atoms with van der Waals surface area (Å²) in [5.41, 5.74) is -0.841. The van der Waals surface area contributed by atoms with Crippen LogP contribution in [-0.4, -0.2) is 53.7 Å². The normalized spacial score (nSPS) is 20.3. The summed E-state index contributed by atoms with van der Waals surface area (Å²) in [7, 11) is 0. The van der Waals surface area contributed by atoms with E-state index in [0.717, 1.165) is 69.9 Å². The van der Waals surface area contributed by atoms with E-state index in [9.17, 15) is 33.0 Å². The predicted molar refractivity (Wildman–Crippen MR) is 277 cm³/mol. The Labute approximate surface area is 417 Å². The smallest absolute Gasteiger partial charge is 0.416 e. The number of aliphatic hydroxyl groups excluding tert-OH is 2. The molecule has 2 rings (SSSR count). The minimum absolute atomic E-state index is 0.0120. The van der Waals surface area contributed by atoms with Crippen molar-refractivity contribution in [3.63, 3.8) is 0 Å². The summed E-state index contributed by atoms with van der Waals surface area (Å²) in [5, 5.41) is 22.3. The summed E-state index contributed by atoms with van der Waals surface area (Å²) in [5.74, 6) is 1.10. The molecule has 0 heterocycles. The van der Waals surface area contributed by atoms with Crippen LogP contribution in [0.25, 0.3) is 0 Å². The van der Waals surface area contributed by atoms with Gasteiger partial charge in [-0.15, -0.1) is 0 Å². The third-order valence-electron chi connectivity index (χ3n) is 14.9. The van der Waals surface area contributed by atoms with Crippen molar-refractivity contribution in [1.29, 1.82) is 0 Å². The fraction of sp³-hybridized carbons (Fsp3) is 0.763. The standard InChI is InChI=1S/C59H97F3O7/c1-8-15-16-17-18-19-20-21-22-23-24-25-28-31-40-67-57(65)37-30-27-26-29-36-53-54(39-38-48(63)44-68-49-35-32-34-47(42-49)59(60,61)62)56(43-55(53)64)69-58(66)41-46(11-4)51(13-6)52(14-7)50(12-5)45(10-3)33-9-2/h19-20,26,29,32,34-35,38-39,42,45-46,48,50-56,63-64H,8-18,21-25,27-28,30-31,33,36-37,40-41,43-44H2,1-7H3/b20-19+,29-26-,39-38+/t45?,46?,48-,50?,51?,52?,53-,54-,55+,56-/m1/s1. The van der Waals surface area contributed by atoms with Crippen molar-refractivity contribution in [2.24, 2.45) is 41.4 Å². The molecule has 7 nitrogen and oxygen atoms in total. The molecule has 0 aliphatic heterocycles. The van der Waals surface area contributed by atoms with Gasteiger partial charge >= 0.3 is 18.1 Å². The molecule has 1 aromatic carbocycles. The van der Waals surface area contributed by atoms with Crippen molar-refractivity contribution in [3.05, 3.63) is 66.3 Å². The average Bonchev–Trinajstić information content (AvgIpc) is 3.62. The van der Waals surface area contributed by atoms with Gasteiger partial charge in [-0.2, -0.15) is 13.2 Å². The van der Waals surface area contributed by atoms with Crippen molar-refractivity contribution in [3.8, 4) is 5.75 Å². The van der Waals surface area contributed by atoms with Gasteiger partial charge in [0.15, 0.2) is 0 Å². The van der Waals surface area contributed by atoms with Gasteiger partial charge in [0.1, 0.15) is 24.6 Å². The third kappa shape index (κ3) is 24.7. The van der Waals surface area contributed by atoms with Gasteiger partial charge in [0.25, 0.3) is 0 Å². The zero-order valence-electron chi connectivity index (χ0n) is 44.2. The van der Waals surface area contributed by atoms with Crippen molar-refractivity contribution in [2.45, 2.75) is 233 Å². The number of unbranched alkanes of at least 4 members (excludes halogenated alkanes) is 11. The number of allylic oxidation sites excluding steroid dienone is 4. The molecule has 0 aromatic heterocycles. The largest absolute Gasteiger partial charge is 0.491 e. The van der Waals surface area contributed by atoms with Crippen LogP contribution in [0, 0.1) is 41.4 Å². The number of halogens is 3. The van der Waals surface area contributed by atoms with Crippen molar-refractivity contribution >= 4 is 11.9 Å². The van der Waals surface area contributed by atoms with E-state index < -0.39 is 36.0 Å². The Morgan fingerprint density at radius 3 is 1.96 bits per heavy atom. The first-order chi connectivity index (χ1) is 33.3. The Bertz CT molecular complexity index is 1570. The van der Waals surface area contributed by atoms with Gasteiger partial charge in [-0.05, 0) is 105 Å². The van der Waals surface area contributed by atoms with Gasteiger partial charge in [0.05, 0.1) is 18.3 Å². The maximum absolute atomic E-state index is 13.9. The van der Waals surface area contributed by atoms with Gasteiger partial charge < -0.3 is 24.4 Å². The highest BCUT2D eigenvalue weighted by Crippen LogP contribution is 2.43. The first-order valence-corrected chi connectivity index (χ1v) is 27.8. The van der Waals surface area contributed by atoms with Crippen LogP contribution in [-0.2, 0) is 25.2 Å². The molecular weight excluding hydrogens is 878 g/mol. The van der Waals surface area contributed by atoms with Gasteiger partial charge in [-0.3, -0.25) is 9.59 Å². The van der Waals surface area contributed by atoms with E-state index in [-0.39, 0.29) is 42.6 Å². The summed E-state index contributed by atoms with van der Waals surface area (Å²) < 4.78 is 57.2. The van der Waals surface area contributed by atoms with Crippen LogP contribution in [0.4, 0.5) is 13.2 Å². The van der Waals surface area contributed by atoms with Crippen LogP contribution in [0.5, 0.6) is 5.75 Å². The second-order valence-electron chi connectivity index (χ2n) is 20.0. The number of ether oxygens (including phenoxy) is 3. The van der Waals surface area contributed by atoms with E-state index in [4.69, 9.17) is 14.2 Å².